The van der Waals surface area contributed by atoms with E-state index in [9.17, 15) is 9.59 Å². The van der Waals surface area contributed by atoms with Crippen LogP contribution in [0.2, 0.25) is 5.02 Å². The second-order valence-corrected chi connectivity index (χ2v) is 5.51. The lowest BCUT2D eigenvalue weighted by atomic mass is 10.1. The van der Waals surface area contributed by atoms with Crippen molar-refractivity contribution in [3.05, 3.63) is 58.1 Å². The van der Waals surface area contributed by atoms with Crippen LogP contribution in [0.15, 0.2) is 36.4 Å². The standard InChI is InChI=1S/C17H16ClNO4/c1-10-3-5-13(7-11(10)2)23-9-16(20)19-15-8-12(18)4-6-14(15)17(21)22/h3-8H,9H2,1-2H3,(H,19,20)(H,21,22). The minimum Gasteiger partial charge on any atom is -0.484 e. The SMILES string of the molecule is Cc1ccc(OCC(=O)Nc2cc(Cl)ccc2C(=O)O)cc1C. The Morgan fingerprint density at radius 2 is 1.87 bits per heavy atom. The number of carbonyl (C=O) groups excluding carboxylic acids is 1. The predicted molar refractivity (Wildman–Crippen MR) is 88.5 cm³/mol. The summed E-state index contributed by atoms with van der Waals surface area (Å²) >= 11 is 5.83. The molecule has 0 aliphatic rings. The van der Waals surface area contributed by atoms with Crippen molar-refractivity contribution < 1.29 is 19.4 Å². The molecular formula is C17H16ClNO4. The number of halogens is 1. The van der Waals surface area contributed by atoms with Gasteiger partial charge in [-0.2, -0.15) is 0 Å². The minimum absolute atomic E-state index is 0.0334. The lowest BCUT2D eigenvalue weighted by Crippen LogP contribution is -2.21. The van der Waals surface area contributed by atoms with Crippen molar-refractivity contribution in [2.45, 2.75) is 13.8 Å². The third-order valence-corrected chi connectivity index (χ3v) is 3.57. The molecule has 5 nitrogen and oxygen atoms in total. The first-order valence-electron chi connectivity index (χ1n) is 6.89. The fourth-order valence-corrected chi connectivity index (χ4v) is 2.12. The number of hydrogen-bond donors (Lipinski definition) is 2. The Bertz CT molecular complexity index is 758. The second kappa shape index (κ2) is 7.15. The van der Waals surface area contributed by atoms with E-state index in [4.69, 9.17) is 21.4 Å². The summed E-state index contributed by atoms with van der Waals surface area (Å²) in [6.45, 7) is 3.71. The van der Waals surface area contributed by atoms with Crippen LogP contribution in [-0.2, 0) is 4.79 Å². The summed E-state index contributed by atoms with van der Waals surface area (Å²) in [5, 5.41) is 11.9. The van der Waals surface area contributed by atoms with Crippen molar-refractivity contribution in [3.8, 4) is 5.75 Å². The van der Waals surface area contributed by atoms with Gasteiger partial charge in [0.25, 0.3) is 5.91 Å². The summed E-state index contributed by atoms with van der Waals surface area (Å²) in [5.74, 6) is -1.03. The molecule has 2 rings (SSSR count). The van der Waals surface area contributed by atoms with Crippen LogP contribution in [0.4, 0.5) is 5.69 Å². The average Bonchev–Trinajstić information content (AvgIpc) is 2.48. The van der Waals surface area contributed by atoms with Gasteiger partial charge in [0.15, 0.2) is 6.61 Å². The van der Waals surface area contributed by atoms with Gasteiger partial charge in [0.2, 0.25) is 0 Å². The highest BCUT2D eigenvalue weighted by Crippen LogP contribution is 2.21. The van der Waals surface area contributed by atoms with Gasteiger partial charge in [0.05, 0.1) is 11.3 Å². The third-order valence-electron chi connectivity index (χ3n) is 3.33. The molecule has 1 amide bonds. The topological polar surface area (TPSA) is 75.6 Å². The number of carbonyl (C=O) groups is 2. The number of aryl methyl sites for hydroxylation is 2. The minimum atomic E-state index is -1.15. The van der Waals surface area contributed by atoms with E-state index in [1.807, 2.05) is 26.0 Å². The van der Waals surface area contributed by atoms with Crippen molar-refractivity contribution in [1.82, 2.24) is 0 Å². The van der Waals surface area contributed by atoms with Crippen LogP contribution >= 0.6 is 11.6 Å². The summed E-state index contributed by atoms with van der Waals surface area (Å²) in [4.78, 5) is 23.1. The lowest BCUT2D eigenvalue weighted by molar-refractivity contribution is -0.118. The van der Waals surface area contributed by atoms with Crippen LogP contribution in [0.1, 0.15) is 21.5 Å². The molecule has 0 spiro atoms. The molecule has 0 fully saturated rings. The van der Waals surface area contributed by atoms with Crippen LogP contribution in [0.3, 0.4) is 0 Å². The fourth-order valence-electron chi connectivity index (χ4n) is 1.95. The highest BCUT2D eigenvalue weighted by molar-refractivity contribution is 6.31. The summed E-state index contributed by atoms with van der Waals surface area (Å²) in [5.41, 5.74) is 2.30. The zero-order valence-electron chi connectivity index (χ0n) is 12.7. The van der Waals surface area contributed by atoms with E-state index in [1.165, 1.54) is 18.2 Å². The first-order valence-corrected chi connectivity index (χ1v) is 7.27. The Kier molecular flexibility index (Phi) is 5.24. The van der Waals surface area contributed by atoms with E-state index in [1.54, 1.807) is 6.07 Å². The molecule has 0 aliphatic carbocycles. The number of carboxylic acid groups (broad SMARTS) is 1. The molecule has 0 aliphatic heterocycles. The molecule has 0 saturated carbocycles. The highest BCUT2D eigenvalue weighted by atomic mass is 35.5. The number of nitrogens with one attached hydrogen (secondary N) is 1. The number of carboxylic acids is 1. The van der Waals surface area contributed by atoms with Gasteiger partial charge in [-0.25, -0.2) is 4.79 Å². The number of ether oxygens (including phenoxy) is 1. The highest BCUT2D eigenvalue weighted by Gasteiger charge is 2.13. The van der Waals surface area contributed by atoms with E-state index in [0.717, 1.165) is 11.1 Å². The van der Waals surface area contributed by atoms with Gasteiger partial charge in [0.1, 0.15) is 5.75 Å². The van der Waals surface area contributed by atoms with Crippen molar-refractivity contribution >= 4 is 29.2 Å². The molecule has 0 bridgehead atoms. The Balaban J connectivity index is 2.03. The zero-order chi connectivity index (χ0) is 17.0. The van der Waals surface area contributed by atoms with E-state index in [0.29, 0.717) is 10.8 Å². The van der Waals surface area contributed by atoms with Gasteiger partial charge in [-0.1, -0.05) is 17.7 Å². The maximum atomic E-state index is 12.0. The van der Waals surface area contributed by atoms with Gasteiger partial charge in [0, 0.05) is 5.02 Å². The molecule has 2 aromatic rings. The third kappa shape index (κ3) is 4.47. The molecule has 0 atom stereocenters. The van der Waals surface area contributed by atoms with Crippen LogP contribution in [0.25, 0.3) is 0 Å². The summed E-state index contributed by atoms with van der Waals surface area (Å²) in [6.07, 6.45) is 0. The summed E-state index contributed by atoms with van der Waals surface area (Å²) in [6, 6.07) is 9.69. The maximum Gasteiger partial charge on any atom is 0.337 e. The molecule has 2 aromatic carbocycles. The number of aromatic carboxylic acids is 1. The van der Waals surface area contributed by atoms with Gasteiger partial charge in [-0.15, -0.1) is 0 Å². The Hall–Kier alpha value is -2.53. The number of rotatable bonds is 5. The first kappa shape index (κ1) is 16.8. The van der Waals surface area contributed by atoms with Crippen molar-refractivity contribution in [2.75, 3.05) is 11.9 Å². The largest absolute Gasteiger partial charge is 0.484 e. The maximum absolute atomic E-state index is 12.0. The average molecular weight is 334 g/mol. The quantitative estimate of drug-likeness (QED) is 0.875. The Labute approximate surface area is 138 Å². The molecule has 0 aromatic heterocycles. The molecule has 23 heavy (non-hydrogen) atoms. The van der Waals surface area contributed by atoms with Crippen molar-refractivity contribution in [3.63, 3.8) is 0 Å². The molecule has 2 N–H and O–H groups in total. The van der Waals surface area contributed by atoms with Crippen molar-refractivity contribution in [2.24, 2.45) is 0 Å². The van der Waals surface area contributed by atoms with Gasteiger partial charge in [-0.05, 0) is 55.3 Å². The Morgan fingerprint density at radius 3 is 2.52 bits per heavy atom. The number of anilines is 1. The Morgan fingerprint density at radius 1 is 1.13 bits per heavy atom. The monoisotopic (exact) mass is 333 g/mol. The first-order chi connectivity index (χ1) is 10.9. The zero-order valence-corrected chi connectivity index (χ0v) is 13.5. The van der Waals surface area contributed by atoms with E-state index in [-0.39, 0.29) is 17.9 Å². The molecule has 120 valence electrons. The molecule has 0 heterocycles. The van der Waals surface area contributed by atoms with Gasteiger partial charge in [-0.3, -0.25) is 4.79 Å². The second-order valence-electron chi connectivity index (χ2n) is 5.08. The van der Waals surface area contributed by atoms with E-state index in [2.05, 4.69) is 5.32 Å². The van der Waals surface area contributed by atoms with Crippen LogP contribution in [0, 0.1) is 13.8 Å². The summed E-state index contributed by atoms with van der Waals surface area (Å²) in [7, 11) is 0. The number of amides is 1. The summed E-state index contributed by atoms with van der Waals surface area (Å²) < 4.78 is 5.41. The van der Waals surface area contributed by atoms with Crippen LogP contribution < -0.4 is 10.1 Å². The molecular weight excluding hydrogens is 318 g/mol. The van der Waals surface area contributed by atoms with E-state index < -0.39 is 11.9 Å². The molecule has 6 heteroatoms. The molecule has 0 unspecified atom stereocenters. The smallest absolute Gasteiger partial charge is 0.337 e. The van der Waals surface area contributed by atoms with Gasteiger partial charge < -0.3 is 15.2 Å². The van der Waals surface area contributed by atoms with Crippen LogP contribution in [-0.4, -0.2) is 23.6 Å². The molecule has 0 saturated heterocycles. The van der Waals surface area contributed by atoms with E-state index >= 15 is 0 Å². The number of benzene rings is 2. The normalized spacial score (nSPS) is 10.2. The fraction of sp³-hybridized carbons (Fsp3) is 0.176. The lowest BCUT2D eigenvalue weighted by Gasteiger charge is -2.11. The van der Waals surface area contributed by atoms with Crippen molar-refractivity contribution in [1.29, 1.82) is 0 Å². The van der Waals surface area contributed by atoms with Crippen LogP contribution in [0.5, 0.6) is 5.75 Å². The van der Waals surface area contributed by atoms with Gasteiger partial charge >= 0.3 is 5.97 Å². The predicted octanol–water partition coefficient (Wildman–Crippen LogP) is 3.67. The number of hydrogen-bond acceptors (Lipinski definition) is 3. The molecule has 0 radical (unpaired) electrons.